The molecule has 1 N–H and O–H groups in total. The van der Waals surface area contributed by atoms with Gasteiger partial charge in [0.2, 0.25) is 0 Å². The maximum Gasteiger partial charge on any atom is 0.0768 e. The van der Waals surface area contributed by atoms with Crippen LogP contribution in [0.25, 0.3) is 11.1 Å². The van der Waals surface area contributed by atoms with Crippen LogP contribution in [-0.4, -0.2) is 5.11 Å². The van der Waals surface area contributed by atoms with Crippen molar-refractivity contribution in [3.8, 4) is 11.1 Å². The Morgan fingerprint density at radius 2 is 1.78 bits per heavy atom. The van der Waals surface area contributed by atoms with Gasteiger partial charge in [0.25, 0.3) is 0 Å². The predicted octanol–water partition coefficient (Wildman–Crippen LogP) is 4.28. The minimum Gasteiger partial charge on any atom is -0.389 e. The lowest BCUT2D eigenvalue weighted by atomic mass is 9.91. The van der Waals surface area contributed by atoms with E-state index in [1.807, 2.05) is 6.92 Å². The summed E-state index contributed by atoms with van der Waals surface area (Å²) in [5, 5.41) is 9.95. The number of aliphatic hydroxyl groups is 1. The largest absolute Gasteiger partial charge is 0.389 e. The maximum absolute atomic E-state index is 9.95. The van der Waals surface area contributed by atoms with Crippen LogP contribution in [0.4, 0.5) is 0 Å². The van der Waals surface area contributed by atoms with Crippen molar-refractivity contribution in [3.05, 3.63) is 59.2 Å². The van der Waals surface area contributed by atoms with Crippen LogP contribution in [0.15, 0.2) is 42.5 Å². The molecule has 0 bridgehead atoms. The summed E-state index contributed by atoms with van der Waals surface area (Å²) < 4.78 is 0. The van der Waals surface area contributed by atoms with E-state index in [0.29, 0.717) is 0 Å². The summed E-state index contributed by atoms with van der Waals surface area (Å²) in [6.45, 7) is 6.04. The molecule has 0 heterocycles. The van der Waals surface area contributed by atoms with Crippen molar-refractivity contribution in [3.63, 3.8) is 0 Å². The Morgan fingerprint density at radius 3 is 2.44 bits per heavy atom. The van der Waals surface area contributed by atoms with Gasteiger partial charge in [0.15, 0.2) is 0 Å². The van der Waals surface area contributed by atoms with E-state index < -0.39 is 6.10 Å². The van der Waals surface area contributed by atoms with E-state index in [9.17, 15) is 5.11 Å². The number of rotatable bonds is 3. The van der Waals surface area contributed by atoms with Crippen LogP contribution < -0.4 is 0 Å². The summed E-state index contributed by atoms with van der Waals surface area (Å²) in [5.41, 5.74) is 5.90. The van der Waals surface area contributed by atoms with Crippen molar-refractivity contribution in [2.45, 2.75) is 33.3 Å². The van der Waals surface area contributed by atoms with E-state index in [2.05, 4.69) is 56.3 Å². The Labute approximate surface area is 109 Å². The van der Waals surface area contributed by atoms with Gasteiger partial charge in [0.1, 0.15) is 0 Å². The number of aliphatic hydroxyl groups excluding tert-OH is 1. The highest BCUT2D eigenvalue weighted by molar-refractivity contribution is 5.71. The fourth-order valence-corrected chi connectivity index (χ4v) is 2.36. The van der Waals surface area contributed by atoms with Gasteiger partial charge in [-0.2, -0.15) is 0 Å². The summed E-state index contributed by atoms with van der Waals surface area (Å²) in [6, 6.07) is 14.7. The first-order chi connectivity index (χ1) is 8.63. The topological polar surface area (TPSA) is 20.2 Å². The molecule has 0 aliphatic heterocycles. The molecule has 0 spiro atoms. The average molecular weight is 240 g/mol. The Hall–Kier alpha value is -1.60. The van der Waals surface area contributed by atoms with Crippen molar-refractivity contribution in [1.82, 2.24) is 0 Å². The molecule has 0 aromatic heterocycles. The summed E-state index contributed by atoms with van der Waals surface area (Å²) in [6.07, 6.45) is 0.563. The average Bonchev–Trinajstić information content (AvgIpc) is 2.38. The number of benzene rings is 2. The highest BCUT2D eigenvalue weighted by Crippen LogP contribution is 2.31. The van der Waals surface area contributed by atoms with Gasteiger partial charge in [0, 0.05) is 0 Å². The van der Waals surface area contributed by atoms with Crippen molar-refractivity contribution in [1.29, 1.82) is 0 Å². The number of hydrogen-bond acceptors (Lipinski definition) is 1. The third-order valence-corrected chi connectivity index (χ3v) is 3.35. The fourth-order valence-electron chi connectivity index (χ4n) is 2.36. The van der Waals surface area contributed by atoms with E-state index >= 15 is 0 Å². The predicted molar refractivity (Wildman–Crippen MR) is 76.6 cm³/mol. The van der Waals surface area contributed by atoms with E-state index in [1.54, 1.807) is 0 Å². The van der Waals surface area contributed by atoms with Gasteiger partial charge in [-0.05, 0) is 42.5 Å². The van der Waals surface area contributed by atoms with Gasteiger partial charge in [-0.1, -0.05) is 55.0 Å². The van der Waals surface area contributed by atoms with Crippen LogP contribution in [0.3, 0.4) is 0 Å². The SMILES string of the molecule is CCc1ccccc1-c1ccc(C)cc1C(C)O. The van der Waals surface area contributed by atoms with Crippen molar-refractivity contribution in [2.75, 3.05) is 0 Å². The number of aryl methyl sites for hydroxylation is 2. The Bertz CT molecular complexity index is 541. The van der Waals surface area contributed by atoms with E-state index in [4.69, 9.17) is 0 Å². The minimum atomic E-state index is -0.440. The molecule has 94 valence electrons. The first-order valence-electron chi connectivity index (χ1n) is 6.50. The molecule has 0 aliphatic carbocycles. The van der Waals surface area contributed by atoms with Crippen LogP contribution in [-0.2, 0) is 6.42 Å². The molecule has 0 radical (unpaired) electrons. The molecule has 2 rings (SSSR count). The summed E-state index contributed by atoms with van der Waals surface area (Å²) >= 11 is 0. The fraction of sp³-hybridized carbons (Fsp3) is 0.294. The lowest BCUT2D eigenvalue weighted by Crippen LogP contribution is -1.98. The molecular weight excluding hydrogens is 220 g/mol. The van der Waals surface area contributed by atoms with Crippen molar-refractivity contribution in [2.24, 2.45) is 0 Å². The lowest BCUT2D eigenvalue weighted by molar-refractivity contribution is 0.200. The summed E-state index contributed by atoms with van der Waals surface area (Å²) in [7, 11) is 0. The van der Waals surface area contributed by atoms with Crippen molar-refractivity contribution < 1.29 is 5.11 Å². The third kappa shape index (κ3) is 2.46. The van der Waals surface area contributed by atoms with Crippen LogP contribution in [0.2, 0.25) is 0 Å². The zero-order chi connectivity index (χ0) is 13.1. The molecule has 0 amide bonds. The molecule has 1 nitrogen and oxygen atoms in total. The second-order valence-corrected chi connectivity index (χ2v) is 4.78. The molecule has 1 unspecified atom stereocenters. The van der Waals surface area contributed by atoms with Gasteiger partial charge in [0.05, 0.1) is 6.10 Å². The Kier molecular flexibility index (Phi) is 3.83. The third-order valence-electron chi connectivity index (χ3n) is 3.35. The van der Waals surface area contributed by atoms with Gasteiger partial charge >= 0.3 is 0 Å². The van der Waals surface area contributed by atoms with Gasteiger partial charge in [-0.15, -0.1) is 0 Å². The smallest absolute Gasteiger partial charge is 0.0768 e. The maximum atomic E-state index is 9.95. The highest BCUT2D eigenvalue weighted by Gasteiger charge is 2.12. The first-order valence-corrected chi connectivity index (χ1v) is 6.50. The monoisotopic (exact) mass is 240 g/mol. The summed E-state index contributed by atoms with van der Waals surface area (Å²) in [5.74, 6) is 0. The van der Waals surface area contributed by atoms with Crippen LogP contribution in [0.5, 0.6) is 0 Å². The molecule has 0 fully saturated rings. The first kappa shape index (κ1) is 12.8. The second-order valence-electron chi connectivity index (χ2n) is 4.78. The molecule has 0 aliphatic rings. The number of hydrogen-bond donors (Lipinski definition) is 1. The van der Waals surface area contributed by atoms with Crippen LogP contribution in [0.1, 0.15) is 36.6 Å². The molecule has 18 heavy (non-hydrogen) atoms. The molecule has 0 saturated heterocycles. The molecule has 1 atom stereocenters. The Balaban J connectivity index is 2.63. The van der Waals surface area contributed by atoms with Crippen LogP contribution >= 0.6 is 0 Å². The Morgan fingerprint density at radius 1 is 1.06 bits per heavy atom. The van der Waals surface area contributed by atoms with E-state index in [1.165, 1.54) is 16.7 Å². The van der Waals surface area contributed by atoms with Gasteiger partial charge < -0.3 is 5.11 Å². The summed E-state index contributed by atoms with van der Waals surface area (Å²) in [4.78, 5) is 0. The zero-order valence-electron chi connectivity index (χ0n) is 11.3. The molecule has 2 aromatic carbocycles. The van der Waals surface area contributed by atoms with Gasteiger partial charge in [-0.25, -0.2) is 0 Å². The molecule has 0 saturated carbocycles. The minimum absolute atomic E-state index is 0.440. The van der Waals surface area contributed by atoms with E-state index in [0.717, 1.165) is 17.5 Å². The quantitative estimate of drug-likeness (QED) is 0.849. The highest BCUT2D eigenvalue weighted by atomic mass is 16.3. The van der Waals surface area contributed by atoms with Crippen molar-refractivity contribution >= 4 is 0 Å². The van der Waals surface area contributed by atoms with Gasteiger partial charge in [-0.3, -0.25) is 0 Å². The standard InChI is InChI=1S/C17H20O/c1-4-14-7-5-6-8-15(14)16-10-9-12(2)11-17(16)13(3)18/h5-11,13,18H,4H2,1-3H3. The van der Waals surface area contributed by atoms with E-state index in [-0.39, 0.29) is 0 Å². The van der Waals surface area contributed by atoms with Crippen LogP contribution in [0, 0.1) is 6.92 Å². The normalized spacial score (nSPS) is 12.4. The second kappa shape index (κ2) is 5.36. The molecule has 2 aromatic rings. The lowest BCUT2D eigenvalue weighted by Gasteiger charge is -2.16. The molecule has 1 heteroatoms. The molecular formula is C17H20O. The zero-order valence-corrected chi connectivity index (χ0v) is 11.3.